The molecule has 27 heavy (non-hydrogen) atoms. The number of piperidine rings is 1. The average Bonchev–Trinajstić information content (AvgIpc) is 2.68. The van der Waals surface area contributed by atoms with Crippen molar-refractivity contribution < 1.29 is 18.7 Å². The van der Waals surface area contributed by atoms with Crippen LogP contribution in [0.3, 0.4) is 0 Å². The van der Waals surface area contributed by atoms with Gasteiger partial charge in [0.05, 0.1) is 13.0 Å². The van der Waals surface area contributed by atoms with Crippen LogP contribution >= 0.6 is 0 Å². The van der Waals surface area contributed by atoms with Gasteiger partial charge in [-0.25, -0.2) is 4.39 Å². The molecule has 0 bridgehead atoms. The van der Waals surface area contributed by atoms with Gasteiger partial charge >= 0.3 is 0 Å². The second-order valence-corrected chi connectivity index (χ2v) is 7.36. The molecular formula is C20H28FN3O3. The van der Waals surface area contributed by atoms with Crippen LogP contribution in [0.5, 0.6) is 5.75 Å². The maximum absolute atomic E-state index is 13.5. The van der Waals surface area contributed by atoms with Crippen molar-refractivity contribution in [3.05, 3.63) is 29.6 Å². The van der Waals surface area contributed by atoms with Crippen LogP contribution in [0.1, 0.15) is 25.3 Å². The predicted molar refractivity (Wildman–Crippen MR) is 99.8 cm³/mol. The first kappa shape index (κ1) is 19.6. The van der Waals surface area contributed by atoms with E-state index in [2.05, 4.69) is 4.90 Å². The fraction of sp³-hybridized carbons (Fsp3) is 0.600. The molecule has 0 saturated carbocycles. The molecule has 1 aromatic rings. The van der Waals surface area contributed by atoms with Crippen LogP contribution < -0.4 is 4.74 Å². The minimum atomic E-state index is -0.271. The van der Waals surface area contributed by atoms with Gasteiger partial charge in [-0.3, -0.25) is 14.5 Å². The normalized spacial score (nSPS) is 21.2. The Labute approximate surface area is 159 Å². The summed E-state index contributed by atoms with van der Waals surface area (Å²) in [6.07, 6.45) is 1.73. The molecule has 0 spiro atoms. The van der Waals surface area contributed by atoms with Gasteiger partial charge in [-0.05, 0) is 31.0 Å². The molecule has 1 aromatic carbocycles. The molecule has 3 rings (SSSR count). The summed E-state index contributed by atoms with van der Waals surface area (Å²) in [7, 11) is 1.59. The van der Waals surface area contributed by atoms with Crippen LogP contribution in [0.4, 0.5) is 4.39 Å². The first-order valence-corrected chi connectivity index (χ1v) is 9.57. The molecule has 2 aliphatic rings. The number of carbonyl (C=O) groups excluding carboxylic acids is 2. The fourth-order valence-corrected chi connectivity index (χ4v) is 3.96. The first-order chi connectivity index (χ1) is 13.0. The number of rotatable bonds is 4. The van der Waals surface area contributed by atoms with Gasteiger partial charge in [0.25, 0.3) is 0 Å². The van der Waals surface area contributed by atoms with Crippen molar-refractivity contribution in [2.24, 2.45) is 5.92 Å². The summed E-state index contributed by atoms with van der Waals surface area (Å²) in [5.41, 5.74) is 0.821. The third-order valence-electron chi connectivity index (χ3n) is 5.54. The van der Waals surface area contributed by atoms with Crippen molar-refractivity contribution in [3.63, 3.8) is 0 Å². The molecule has 2 aliphatic heterocycles. The van der Waals surface area contributed by atoms with Gasteiger partial charge in [-0.1, -0.05) is 0 Å². The summed E-state index contributed by atoms with van der Waals surface area (Å²) >= 11 is 0. The summed E-state index contributed by atoms with van der Waals surface area (Å²) in [5, 5.41) is 0. The molecule has 0 aromatic heterocycles. The quantitative estimate of drug-likeness (QED) is 0.802. The molecule has 0 aliphatic carbocycles. The highest BCUT2D eigenvalue weighted by Gasteiger charge is 2.31. The smallest absolute Gasteiger partial charge is 0.227 e. The summed E-state index contributed by atoms with van der Waals surface area (Å²) in [4.78, 5) is 30.3. The van der Waals surface area contributed by atoms with Gasteiger partial charge in [0.15, 0.2) is 0 Å². The lowest BCUT2D eigenvalue weighted by atomic mass is 9.96. The maximum Gasteiger partial charge on any atom is 0.227 e. The SMILES string of the molecule is COc1ccc(F)cc1CN1CCN(C(=O)[C@@H]2CCCN(C(C)=O)C2)CC1. The Morgan fingerprint density at radius 3 is 2.56 bits per heavy atom. The Kier molecular flexibility index (Phi) is 6.31. The maximum atomic E-state index is 13.5. The minimum Gasteiger partial charge on any atom is -0.496 e. The van der Waals surface area contributed by atoms with Gasteiger partial charge in [0.2, 0.25) is 11.8 Å². The topological polar surface area (TPSA) is 53.1 Å². The van der Waals surface area contributed by atoms with Crippen LogP contribution in [0.2, 0.25) is 0 Å². The predicted octanol–water partition coefficient (Wildman–Crippen LogP) is 1.74. The number of amides is 2. The third-order valence-corrected chi connectivity index (χ3v) is 5.54. The highest BCUT2D eigenvalue weighted by Crippen LogP contribution is 2.23. The van der Waals surface area contributed by atoms with E-state index in [1.54, 1.807) is 25.0 Å². The van der Waals surface area contributed by atoms with Crippen LogP contribution in [-0.4, -0.2) is 72.9 Å². The van der Waals surface area contributed by atoms with Crippen LogP contribution in [0, 0.1) is 11.7 Å². The molecule has 0 unspecified atom stereocenters. The summed E-state index contributed by atoms with van der Waals surface area (Å²) in [6.45, 7) is 6.26. The molecule has 0 radical (unpaired) electrons. The number of halogens is 1. The molecule has 2 amide bonds. The second-order valence-electron chi connectivity index (χ2n) is 7.36. The Morgan fingerprint density at radius 2 is 1.89 bits per heavy atom. The van der Waals surface area contributed by atoms with Crippen LogP contribution in [0.15, 0.2) is 18.2 Å². The number of piperazine rings is 1. The van der Waals surface area contributed by atoms with Crippen LogP contribution in [0.25, 0.3) is 0 Å². The lowest BCUT2D eigenvalue weighted by molar-refractivity contribution is -0.141. The highest BCUT2D eigenvalue weighted by molar-refractivity contribution is 5.81. The van der Waals surface area contributed by atoms with Crippen molar-refractivity contribution in [1.29, 1.82) is 0 Å². The molecule has 1 atom stereocenters. The van der Waals surface area contributed by atoms with E-state index < -0.39 is 0 Å². The van der Waals surface area contributed by atoms with E-state index in [1.165, 1.54) is 12.1 Å². The first-order valence-electron chi connectivity index (χ1n) is 9.57. The van der Waals surface area contributed by atoms with Crippen molar-refractivity contribution in [3.8, 4) is 5.75 Å². The van der Waals surface area contributed by atoms with Crippen molar-refractivity contribution >= 4 is 11.8 Å². The Bertz CT molecular complexity index is 689. The number of ether oxygens (including phenoxy) is 1. The zero-order valence-corrected chi connectivity index (χ0v) is 16.1. The van der Waals surface area contributed by atoms with Gasteiger partial charge in [-0.2, -0.15) is 0 Å². The van der Waals surface area contributed by atoms with Gasteiger partial charge in [0, 0.05) is 58.3 Å². The Morgan fingerprint density at radius 1 is 1.15 bits per heavy atom. The summed E-state index contributed by atoms with van der Waals surface area (Å²) in [6, 6.07) is 4.55. The van der Waals surface area contributed by atoms with E-state index in [0.717, 1.165) is 38.0 Å². The van der Waals surface area contributed by atoms with E-state index in [4.69, 9.17) is 4.74 Å². The van der Waals surface area contributed by atoms with Crippen molar-refractivity contribution in [2.75, 3.05) is 46.4 Å². The monoisotopic (exact) mass is 377 g/mol. The average molecular weight is 377 g/mol. The van der Waals surface area contributed by atoms with Crippen molar-refractivity contribution in [2.45, 2.75) is 26.3 Å². The van der Waals surface area contributed by atoms with E-state index in [9.17, 15) is 14.0 Å². The number of hydrogen-bond acceptors (Lipinski definition) is 4. The molecule has 148 valence electrons. The Hall–Kier alpha value is -2.15. The van der Waals surface area contributed by atoms with E-state index in [0.29, 0.717) is 31.9 Å². The fourth-order valence-electron chi connectivity index (χ4n) is 3.96. The molecule has 6 nitrogen and oxygen atoms in total. The standard InChI is InChI=1S/C20H28FN3O3/c1-15(25)24-7-3-4-16(14-24)20(26)23-10-8-22(9-11-23)13-17-12-18(21)5-6-19(17)27-2/h5-6,12,16H,3-4,7-11,13-14H2,1-2H3/t16-/m1/s1. The van der Waals surface area contributed by atoms with E-state index in [-0.39, 0.29) is 23.5 Å². The molecule has 2 saturated heterocycles. The number of carbonyl (C=O) groups is 2. The number of benzene rings is 1. The van der Waals surface area contributed by atoms with Gasteiger partial charge < -0.3 is 14.5 Å². The highest BCUT2D eigenvalue weighted by atomic mass is 19.1. The molecule has 2 heterocycles. The van der Waals surface area contributed by atoms with Gasteiger partial charge in [0.1, 0.15) is 11.6 Å². The second kappa shape index (κ2) is 8.69. The zero-order valence-electron chi connectivity index (χ0n) is 16.1. The number of likely N-dealkylation sites (tertiary alicyclic amines) is 1. The largest absolute Gasteiger partial charge is 0.496 e. The van der Waals surface area contributed by atoms with Crippen molar-refractivity contribution in [1.82, 2.24) is 14.7 Å². The zero-order chi connectivity index (χ0) is 19.4. The number of nitrogens with zero attached hydrogens (tertiary/aromatic N) is 3. The Balaban J connectivity index is 1.53. The van der Waals surface area contributed by atoms with E-state index >= 15 is 0 Å². The molecule has 2 fully saturated rings. The van der Waals surface area contributed by atoms with Gasteiger partial charge in [-0.15, -0.1) is 0 Å². The lowest BCUT2D eigenvalue weighted by Crippen LogP contribution is -2.52. The van der Waals surface area contributed by atoms with E-state index in [1.807, 2.05) is 4.90 Å². The molecule has 0 N–H and O–H groups in total. The molecular weight excluding hydrogens is 349 g/mol. The summed E-state index contributed by atoms with van der Waals surface area (Å²) in [5.74, 6) is 0.524. The van der Waals surface area contributed by atoms with Crippen LogP contribution in [-0.2, 0) is 16.1 Å². The third kappa shape index (κ3) is 4.77. The minimum absolute atomic E-state index is 0.0429. The number of hydrogen-bond donors (Lipinski definition) is 0. The molecule has 7 heteroatoms. The summed E-state index contributed by atoms with van der Waals surface area (Å²) < 4.78 is 18.9. The lowest BCUT2D eigenvalue weighted by Gasteiger charge is -2.39. The number of methoxy groups -OCH3 is 1.